The number of sulfonamides is 1. The summed E-state index contributed by atoms with van der Waals surface area (Å²) in [6, 6.07) is 5.16. The first-order valence-corrected chi connectivity index (χ1v) is 9.24. The number of hydrogen-bond acceptors (Lipinski definition) is 3. The lowest BCUT2D eigenvalue weighted by Gasteiger charge is -2.18. The molecule has 3 N–H and O–H groups in total. The van der Waals surface area contributed by atoms with Gasteiger partial charge in [0.15, 0.2) is 0 Å². The molecule has 0 heterocycles. The fraction of sp³-hybridized carbons (Fsp3) is 0.625. The minimum atomic E-state index is -3.45. The molecular weight excluding hydrogens is 284 g/mol. The van der Waals surface area contributed by atoms with Gasteiger partial charge in [0.2, 0.25) is 10.0 Å². The van der Waals surface area contributed by atoms with Crippen LogP contribution >= 0.6 is 0 Å². The average molecular weight is 312 g/mol. The van der Waals surface area contributed by atoms with E-state index in [1.807, 2.05) is 6.92 Å². The second-order valence-corrected chi connectivity index (χ2v) is 7.26. The average Bonchev–Trinajstić information content (AvgIpc) is 2.44. The molecule has 0 aliphatic rings. The molecule has 4 nitrogen and oxygen atoms in total. The number of unbranched alkanes of at least 4 members (excludes halogenated alkanes) is 1. The molecule has 120 valence electrons. The highest BCUT2D eigenvalue weighted by molar-refractivity contribution is 7.89. The van der Waals surface area contributed by atoms with Gasteiger partial charge in [-0.15, -0.1) is 0 Å². The van der Waals surface area contributed by atoms with Gasteiger partial charge < -0.3 is 5.73 Å². The lowest BCUT2D eigenvalue weighted by molar-refractivity contribution is 0.483. The maximum absolute atomic E-state index is 12.5. The van der Waals surface area contributed by atoms with Gasteiger partial charge in [-0.05, 0) is 43.0 Å². The highest BCUT2D eigenvalue weighted by atomic mass is 32.2. The van der Waals surface area contributed by atoms with Crippen molar-refractivity contribution in [1.82, 2.24) is 4.72 Å². The summed E-state index contributed by atoms with van der Waals surface area (Å²) in [4.78, 5) is 0.329. The summed E-state index contributed by atoms with van der Waals surface area (Å²) in [5.41, 5.74) is 7.51. The van der Waals surface area contributed by atoms with Crippen LogP contribution in [0.1, 0.15) is 57.1 Å². The second-order valence-electron chi connectivity index (χ2n) is 5.54. The summed E-state index contributed by atoms with van der Waals surface area (Å²) >= 11 is 0. The van der Waals surface area contributed by atoms with Crippen LogP contribution in [0.4, 0.5) is 0 Å². The number of hydrogen-bond donors (Lipinski definition) is 2. The molecule has 21 heavy (non-hydrogen) atoms. The van der Waals surface area contributed by atoms with Gasteiger partial charge in [0.25, 0.3) is 0 Å². The van der Waals surface area contributed by atoms with Crippen molar-refractivity contribution < 1.29 is 8.42 Å². The zero-order chi connectivity index (χ0) is 15.9. The van der Waals surface area contributed by atoms with Crippen LogP contribution in [0.5, 0.6) is 0 Å². The summed E-state index contributed by atoms with van der Waals surface area (Å²) < 4.78 is 27.8. The molecule has 1 aromatic rings. The Morgan fingerprint density at radius 3 is 2.43 bits per heavy atom. The monoisotopic (exact) mass is 312 g/mol. The number of benzene rings is 1. The van der Waals surface area contributed by atoms with Gasteiger partial charge >= 0.3 is 0 Å². The molecule has 0 aliphatic heterocycles. The molecule has 1 rings (SSSR count). The minimum Gasteiger partial charge on any atom is -0.326 e. The number of nitrogens with one attached hydrogen (secondary N) is 1. The Morgan fingerprint density at radius 2 is 1.90 bits per heavy atom. The largest absolute Gasteiger partial charge is 0.326 e. The number of rotatable bonds is 9. The molecule has 1 atom stereocenters. The van der Waals surface area contributed by atoms with Crippen molar-refractivity contribution in [2.24, 2.45) is 5.73 Å². The second kappa shape index (κ2) is 8.51. The Bertz CT molecular complexity index is 541. The molecular formula is C16H28N2O2S. The van der Waals surface area contributed by atoms with Gasteiger partial charge in [-0.2, -0.15) is 0 Å². The molecule has 0 saturated heterocycles. The molecule has 0 fully saturated rings. The van der Waals surface area contributed by atoms with Crippen LogP contribution in [0.2, 0.25) is 0 Å². The van der Waals surface area contributed by atoms with Crippen molar-refractivity contribution in [1.29, 1.82) is 0 Å². The van der Waals surface area contributed by atoms with Crippen molar-refractivity contribution in [2.45, 2.75) is 70.4 Å². The van der Waals surface area contributed by atoms with Crippen LogP contribution in [0.15, 0.2) is 23.1 Å². The molecule has 0 bridgehead atoms. The molecule has 1 unspecified atom stereocenters. The summed E-state index contributed by atoms with van der Waals surface area (Å²) in [5, 5.41) is 0. The first-order valence-electron chi connectivity index (χ1n) is 7.76. The Morgan fingerprint density at radius 1 is 1.19 bits per heavy atom. The normalized spacial score (nSPS) is 13.3. The van der Waals surface area contributed by atoms with Gasteiger partial charge in [0.05, 0.1) is 4.90 Å². The predicted molar refractivity (Wildman–Crippen MR) is 87.6 cm³/mol. The SMILES string of the molecule is CCCCC(CCC)NS(=O)(=O)c1ccc(CN)c(C)c1. The van der Waals surface area contributed by atoms with Crippen molar-refractivity contribution in [3.8, 4) is 0 Å². The van der Waals surface area contributed by atoms with E-state index in [9.17, 15) is 8.42 Å². The van der Waals surface area contributed by atoms with Crippen LogP contribution in [-0.4, -0.2) is 14.5 Å². The van der Waals surface area contributed by atoms with Gasteiger partial charge in [-0.25, -0.2) is 13.1 Å². The molecule has 0 amide bonds. The van der Waals surface area contributed by atoms with Crippen LogP contribution in [0, 0.1) is 6.92 Å². The molecule has 5 heteroatoms. The third kappa shape index (κ3) is 5.41. The van der Waals surface area contributed by atoms with Crippen LogP contribution in [0.3, 0.4) is 0 Å². The molecule has 0 aliphatic carbocycles. The molecule has 1 aromatic carbocycles. The van der Waals surface area contributed by atoms with Crippen molar-refractivity contribution in [3.05, 3.63) is 29.3 Å². The fourth-order valence-corrected chi connectivity index (χ4v) is 3.80. The first-order chi connectivity index (χ1) is 9.94. The topological polar surface area (TPSA) is 72.2 Å². The Balaban J connectivity index is 2.90. The lowest BCUT2D eigenvalue weighted by atomic mass is 10.1. The highest BCUT2D eigenvalue weighted by Gasteiger charge is 2.19. The summed E-state index contributed by atoms with van der Waals surface area (Å²) in [7, 11) is -3.45. The minimum absolute atomic E-state index is 0.0226. The quantitative estimate of drug-likeness (QED) is 0.736. The van der Waals surface area contributed by atoms with Crippen molar-refractivity contribution in [3.63, 3.8) is 0 Å². The van der Waals surface area contributed by atoms with E-state index < -0.39 is 10.0 Å². The number of nitrogens with two attached hydrogens (primary N) is 1. The Kier molecular flexibility index (Phi) is 7.35. The molecule has 0 aromatic heterocycles. The van der Waals surface area contributed by atoms with Gasteiger partial charge in [-0.1, -0.05) is 39.2 Å². The Hall–Kier alpha value is -0.910. The fourth-order valence-electron chi connectivity index (χ4n) is 2.41. The third-order valence-corrected chi connectivity index (χ3v) is 5.23. The maximum Gasteiger partial charge on any atom is 0.240 e. The van der Waals surface area contributed by atoms with Crippen LogP contribution < -0.4 is 10.5 Å². The first kappa shape index (κ1) is 18.1. The van der Waals surface area contributed by atoms with Gasteiger partial charge in [0.1, 0.15) is 0 Å². The van der Waals surface area contributed by atoms with Crippen molar-refractivity contribution in [2.75, 3.05) is 0 Å². The summed E-state index contributed by atoms with van der Waals surface area (Å²) in [5.74, 6) is 0. The smallest absolute Gasteiger partial charge is 0.240 e. The van der Waals surface area contributed by atoms with Gasteiger partial charge in [-0.3, -0.25) is 0 Å². The molecule has 0 spiro atoms. The summed E-state index contributed by atoms with van der Waals surface area (Å²) in [6.45, 7) is 6.51. The predicted octanol–water partition coefficient (Wildman–Crippen LogP) is 3.09. The molecule has 0 saturated carbocycles. The van der Waals surface area contributed by atoms with E-state index in [4.69, 9.17) is 5.73 Å². The highest BCUT2D eigenvalue weighted by Crippen LogP contribution is 2.17. The number of aryl methyl sites for hydroxylation is 1. The zero-order valence-corrected chi connectivity index (χ0v) is 14.2. The third-order valence-electron chi connectivity index (χ3n) is 3.71. The molecule has 0 radical (unpaired) electrons. The van der Waals surface area contributed by atoms with Crippen molar-refractivity contribution >= 4 is 10.0 Å². The van der Waals surface area contributed by atoms with E-state index in [-0.39, 0.29) is 6.04 Å². The van der Waals surface area contributed by atoms with E-state index >= 15 is 0 Å². The van der Waals surface area contributed by atoms with E-state index in [1.54, 1.807) is 18.2 Å². The summed E-state index contributed by atoms with van der Waals surface area (Å²) in [6.07, 6.45) is 4.86. The van der Waals surface area contributed by atoms with E-state index in [0.29, 0.717) is 11.4 Å². The van der Waals surface area contributed by atoms with Gasteiger partial charge in [0, 0.05) is 12.6 Å². The maximum atomic E-state index is 12.5. The standard InChI is InChI=1S/C16H28N2O2S/c1-4-6-8-15(7-5-2)18-21(19,20)16-10-9-14(12-17)13(3)11-16/h9-11,15,18H,4-8,12,17H2,1-3H3. The zero-order valence-electron chi connectivity index (χ0n) is 13.4. The van der Waals surface area contributed by atoms with E-state index in [1.165, 1.54) is 0 Å². The Labute approximate surface area is 129 Å². The van der Waals surface area contributed by atoms with E-state index in [0.717, 1.165) is 43.2 Å². The lowest BCUT2D eigenvalue weighted by Crippen LogP contribution is -2.34. The van der Waals surface area contributed by atoms with Crippen LogP contribution in [-0.2, 0) is 16.6 Å². The van der Waals surface area contributed by atoms with Crippen LogP contribution in [0.25, 0.3) is 0 Å². The van der Waals surface area contributed by atoms with E-state index in [2.05, 4.69) is 18.6 Å².